The summed E-state index contributed by atoms with van der Waals surface area (Å²) in [5.74, 6) is 0.742. The average Bonchev–Trinajstić information content (AvgIpc) is 2.35. The number of benzene rings is 1. The minimum absolute atomic E-state index is 0.188. The number of thioether (sulfide) groups is 1. The van der Waals surface area contributed by atoms with Crippen LogP contribution in [-0.2, 0) is 4.74 Å². The second-order valence-electron chi connectivity index (χ2n) is 3.68. The van der Waals surface area contributed by atoms with Crippen LogP contribution in [0.1, 0.15) is 13.8 Å². The largest absolute Gasteiger partial charge is 0.380 e. The highest BCUT2D eigenvalue weighted by atomic mass is 32.2. The third-order valence-corrected chi connectivity index (χ3v) is 3.46. The van der Waals surface area contributed by atoms with Crippen molar-refractivity contribution < 1.29 is 9.13 Å². The van der Waals surface area contributed by atoms with E-state index >= 15 is 0 Å². The van der Waals surface area contributed by atoms with E-state index in [0.717, 1.165) is 30.4 Å². The molecule has 1 N–H and O–H groups in total. The molecule has 0 heterocycles. The number of halogens is 1. The van der Waals surface area contributed by atoms with Gasteiger partial charge in [0, 0.05) is 23.3 Å². The van der Waals surface area contributed by atoms with Crippen molar-refractivity contribution in [2.75, 3.05) is 25.5 Å². The maximum atomic E-state index is 12.7. The van der Waals surface area contributed by atoms with Crippen LogP contribution in [-0.4, -0.2) is 31.6 Å². The van der Waals surface area contributed by atoms with Crippen LogP contribution in [0.25, 0.3) is 0 Å². The molecule has 2 nitrogen and oxygen atoms in total. The van der Waals surface area contributed by atoms with E-state index in [4.69, 9.17) is 4.74 Å². The highest BCUT2D eigenvalue weighted by Gasteiger charge is 2.07. The van der Waals surface area contributed by atoms with E-state index in [9.17, 15) is 4.39 Å². The standard InChI is InChI=1S/C13H20FNOS/c1-3-15-12(9-16-4-2)10-17-13-7-5-11(14)6-8-13/h5-8,12,15H,3-4,9-10H2,1-2H3. The monoisotopic (exact) mass is 257 g/mol. The molecule has 17 heavy (non-hydrogen) atoms. The molecule has 96 valence electrons. The van der Waals surface area contributed by atoms with Crippen LogP contribution in [0, 0.1) is 5.82 Å². The Morgan fingerprint density at radius 1 is 1.29 bits per heavy atom. The lowest BCUT2D eigenvalue weighted by Crippen LogP contribution is -2.35. The molecule has 0 aromatic heterocycles. The summed E-state index contributed by atoms with van der Waals surface area (Å²) in [5, 5.41) is 3.38. The fraction of sp³-hybridized carbons (Fsp3) is 0.538. The van der Waals surface area contributed by atoms with Crippen LogP contribution in [0.4, 0.5) is 4.39 Å². The lowest BCUT2D eigenvalue weighted by atomic mass is 10.3. The van der Waals surface area contributed by atoms with Gasteiger partial charge < -0.3 is 10.1 Å². The number of hydrogen-bond donors (Lipinski definition) is 1. The maximum Gasteiger partial charge on any atom is 0.123 e. The zero-order valence-corrected chi connectivity index (χ0v) is 11.2. The van der Waals surface area contributed by atoms with Gasteiger partial charge in [-0.3, -0.25) is 0 Å². The van der Waals surface area contributed by atoms with Gasteiger partial charge in [-0.25, -0.2) is 4.39 Å². The Hall–Kier alpha value is -0.580. The van der Waals surface area contributed by atoms with Gasteiger partial charge in [0.05, 0.1) is 6.61 Å². The Balaban J connectivity index is 2.37. The number of likely N-dealkylation sites (N-methyl/N-ethyl adjacent to an activating group) is 1. The molecule has 0 radical (unpaired) electrons. The maximum absolute atomic E-state index is 12.7. The van der Waals surface area contributed by atoms with Gasteiger partial charge in [-0.15, -0.1) is 11.8 Å². The lowest BCUT2D eigenvalue weighted by Gasteiger charge is -2.17. The third-order valence-electron chi connectivity index (χ3n) is 2.28. The molecule has 1 aromatic carbocycles. The molecular formula is C13H20FNOS. The molecule has 0 amide bonds. The molecular weight excluding hydrogens is 237 g/mol. The third kappa shape index (κ3) is 6.05. The molecule has 1 aromatic rings. The summed E-state index contributed by atoms with van der Waals surface area (Å²) in [6.45, 7) is 6.47. The van der Waals surface area contributed by atoms with Crippen LogP contribution in [0.2, 0.25) is 0 Å². The van der Waals surface area contributed by atoms with Gasteiger partial charge >= 0.3 is 0 Å². The predicted molar refractivity (Wildman–Crippen MR) is 71.1 cm³/mol. The van der Waals surface area contributed by atoms with Crippen LogP contribution >= 0.6 is 11.8 Å². The number of hydrogen-bond acceptors (Lipinski definition) is 3. The van der Waals surface area contributed by atoms with Gasteiger partial charge in [-0.2, -0.15) is 0 Å². The summed E-state index contributed by atoms with van der Waals surface area (Å²) < 4.78 is 18.2. The van der Waals surface area contributed by atoms with Crippen molar-refractivity contribution in [2.45, 2.75) is 24.8 Å². The van der Waals surface area contributed by atoms with Crippen LogP contribution < -0.4 is 5.32 Å². The van der Waals surface area contributed by atoms with Crippen molar-refractivity contribution in [2.24, 2.45) is 0 Å². The quantitative estimate of drug-likeness (QED) is 0.724. The number of nitrogens with one attached hydrogen (secondary N) is 1. The fourth-order valence-electron chi connectivity index (χ4n) is 1.44. The minimum atomic E-state index is -0.188. The molecule has 0 saturated carbocycles. The molecule has 1 unspecified atom stereocenters. The van der Waals surface area contributed by atoms with Crippen LogP contribution in [0.3, 0.4) is 0 Å². The summed E-state index contributed by atoms with van der Waals surface area (Å²) in [6.07, 6.45) is 0. The first-order valence-electron chi connectivity index (χ1n) is 5.95. The van der Waals surface area contributed by atoms with Crippen molar-refractivity contribution in [3.8, 4) is 0 Å². The first-order valence-corrected chi connectivity index (χ1v) is 6.94. The van der Waals surface area contributed by atoms with Crippen molar-refractivity contribution in [1.82, 2.24) is 5.32 Å². The minimum Gasteiger partial charge on any atom is -0.380 e. The van der Waals surface area contributed by atoms with E-state index in [1.807, 2.05) is 19.1 Å². The van der Waals surface area contributed by atoms with E-state index in [1.165, 1.54) is 12.1 Å². The van der Waals surface area contributed by atoms with Gasteiger partial charge in [0.15, 0.2) is 0 Å². The fourth-order valence-corrected chi connectivity index (χ4v) is 2.38. The zero-order chi connectivity index (χ0) is 12.5. The normalized spacial score (nSPS) is 12.6. The van der Waals surface area contributed by atoms with Crippen molar-refractivity contribution in [1.29, 1.82) is 0 Å². The summed E-state index contributed by atoms with van der Waals surface area (Å²) >= 11 is 1.72. The summed E-state index contributed by atoms with van der Waals surface area (Å²) in [4.78, 5) is 1.09. The van der Waals surface area contributed by atoms with E-state index in [1.54, 1.807) is 11.8 Å². The molecule has 4 heteroatoms. The lowest BCUT2D eigenvalue weighted by molar-refractivity contribution is 0.129. The average molecular weight is 257 g/mol. The van der Waals surface area contributed by atoms with Gasteiger partial charge in [0.25, 0.3) is 0 Å². The first kappa shape index (κ1) is 14.5. The molecule has 0 spiro atoms. The first-order chi connectivity index (χ1) is 8.26. The Morgan fingerprint density at radius 2 is 2.00 bits per heavy atom. The van der Waals surface area contributed by atoms with E-state index in [-0.39, 0.29) is 5.82 Å². The van der Waals surface area contributed by atoms with Gasteiger partial charge in [0.2, 0.25) is 0 Å². The van der Waals surface area contributed by atoms with E-state index < -0.39 is 0 Å². The molecule has 0 aliphatic carbocycles. The van der Waals surface area contributed by atoms with Gasteiger partial charge in [-0.05, 0) is 37.7 Å². The van der Waals surface area contributed by atoms with Crippen LogP contribution in [0.15, 0.2) is 29.2 Å². The second kappa shape index (κ2) is 8.50. The Labute approximate surface area is 107 Å². The number of rotatable bonds is 8. The summed E-state index contributed by atoms with van der Waals surface area (Å²) in [7, 11) is 0. The Kier molecular flexibility index (Phi) is 7.24. The van der Waals surface area contributed by atoms with Gasteiger partial charge in [-0.1, -0.05) is 6.92 Å². The topological polar surface area (TPSA) is 21.3 Å². The SMILES string of the molecule is CCNC(COCC)CSc1ccc(F)cc1. The number of ether oxygens (including phenoxy) is 1. The van der Waals surface area contributed by atoms with Crippen molar-refractivity contribution in [3.05, 3.63) is 30.1 Å². The molecule has 1 atom stereocenters. The second-order valence-corrected chi connectivity index (χ2v) is 4.77. The zero-order valence-electron chi connectivity index (χ0n) is 10.4. The Bertz CT molecular complexity index is 305. The van der Waals surface area contributed by atoms with Crippen molar-refractivity contribution >= 4 is 11.8 Å². The molecule has 0 fully saturated rings. The predicted octanol–water partition coefficient (Wildman–Crippen LogP) is 2.93. The van der Waals surface area contributed by atoms with Crippen molar-refractivity contribution in [3.63, 3.8) is 0 Å². The summed E-state index contributed by atoms with van der Waals surface area (Å²) in [6, 6.07) is 6.95. The van der Waals surface area contributed by atoms with E-state index in [0.29, 0.717) is 6.04 Å². The molecule has 0 bridgehead atoms. The highest BCUT2D eigenvalue weighted by molar-refractivity contribution is 7.99. The highest BCUT2D eigenvalue weighted by Crippen LogP contribution is 2.19. The van der Waals surface area contributed by atoms with Crippen LogP contribution in [0.5, 0.6) is 0 Å². The Morgan fingerprint density at radius 3 is 2.59 bits per heavy atom. The summed E-state index contributed by atoms with van der Waals surface area (Å²) in [5.41, 5.74) is 0. The van der Waals surface area contributed by atoms with E-state index in [2.05, 4.69) is 12.2 Å². The smallest absolute Gasteiger partial charge is 0.123 e. The molecule has 1 rings (SSSR count). The molecule has 0 saturated heterocycles. The van der Waals surface area contributed by atoms with Gasteiger partial charge in [0.1, 0.15) is 5.82 Å². The molecule has 0 aliphatic heterocycles. The molecule has 0 aliphatic rings.